The molecule has 0 aromatic heterocycles. The highest BCUT2D eigenvalue weighted by atomic mass is 14.9. The Bertz CT molecular complexity index is 137. The van der Waals surface area contributed by atoms with Crippen molar-refractivity contribution in [2.45, 2.75) is 33.1 Å². The number of piperidine rings is 1. The molecule has 0 bridgehead atoms. The highest BCUT2D eigenvalue weighted by molar-refractivity contribution is 4.88. The zero-order chi connectivity index (χ0) is 8.55. The van der Waals surface area contributed by atoms with E-state index < -0.39 is 0 Å². The van der Waals surface area contributed by atoms with Gasteiger partial charge in [-0.05, 0) is 43.2 Å². The van der Waals surface area contributed by atoms with Crippen LogP contribution in [0.4, 0.5) is 0 Å². The van der Waals surface area contributed by atoms with Gasteiger partial charge in [0.15, 0.2) is 0 Å². The molecule has 4 atom stereocenters. The number of nitrogens with one attached hydrogen (secondary N) is 1. The van der Waals surface area contributed by atoms with Crippen LogP contribution in [0.15, 0.2) is 0 Å². The van der Waals surface area contributed by atoms with Gasteiger partial charge in [0, 0.05) is 0 Å². The summed E-state index contributed by atoms with van der Waals surface area (Å²) in [4.78, 5) is 0. The monoisotopic (exact) mass is 167 g/mol. The first-order valence-corrected chi connectivity index (χ1v) is 5.49. The van der Waals surface area contributed by atoms with E-state index in [4.69, 9.17) is 0 Å². The fourth-order valence-corrected chi connectivity index (χ4v) is 3.19. The first-order chi connectivity index (χ1) is 5.79. The van der Waals surface area contributed by atoms with Gasteiger partial charge in [-0.1, -0.05) is 26.7 Å². The molecule has 1 N–H and O–H groups in total. The molecule has 0 radical (unpaired) electrons. The maximum absolute atomic E-state index is 3.53. The van der Waals surface area contributed by atoms with Crippen LogP contribution in [0, 0.1) is 23.7 Å². The van der Waals surface area contributed by atoms with Crippen molar-refractivity contribution >= 4 is 0 Å². The van der Waals surface area contributed by atoms with Crippen LogP contribution in [0.3, 0.4) is 0 Å². The summed E-state index contributed by atoms with van der Waals surface area (Å²) in [6.45, 7) is 7.44. The molecular formula is C11H21N. The lowest BCUT2D eigenvalue weighted by molar-refractivity contribution is 0.0784. The molecule has 1 aliphatic heterocycles. The average molecular weight is 167 g/mol. The van der Waals surface area contributed by atoms with E-state index >= 15 is 0 Å². The Balaban J connectivity index is 2.05. The summed E-state index contributed by atoms with van der Waals surface area (Å²) >= 11 is 0. The molecule has 1 saturated heterocycles. The van der Waals surface area contributed by atoms with Crippen LogP contribution >= 0.6 is 0 Å². The Labute approximate surface area is 75.9 Å². The standard InChI is InChI=1S/C11H21N/c1-8-3-4-9(2)11-7-12-6-5-10(8)11/h8-12H,3-7H2,1-2H3. The van der Waals surface area contributed by atoms with Crippen LogP contribution in [0.1, 0.15) is 33.1 Å². The second-order valence-corrected chi connectivity index (χ2v) is 4.85. The van der Waals surface area contributed by atoms with Gasteiger partial charge in [-0.25, -0.2) is 0 Å². The summed E-state index contributed by atoms with van der Waals surface area (Å²) in [5.74, 6) is 3.99. The van der Waals surface area contributed by atoms with Crippen molar-refractivity contribution in [3.8, 4) is 0 Å². The average Bonchev–Trinajstić information content (AvgIpc) is 2.12. The van der Waals surface area contributed by atoms with Crippen LogP contribution in [0.2, 0.25) is 0 Å². The maximum Gasteiger partial charge on any atom is -0.00152 e. The van der Waals surface area contributed by atoms with Gasteiger partial charge in [0.05, 0.1) is 0 Å². The highest BCUT2D eigenvalue weighted by Gasteiger charge is 2.36. The van der Waals surface area contributed by atoms with Crippen molar-refractivity contribution in [3.63, 3.8) is 0 Å². The van der Waals surface area contributed by atoms with Crippen LogP contribution in [-0.2, 0) is 0 Å². The number of rotatable bonds is 0. The molecular weight excluding hydrogens is 146 g/mol. The molecule has 1 heteroatoms. The number of fused-ring (bicyclic) bond motifs is 1. The molecule has 1 heterocycles. The molecule has 70 valence electrons. The lowest BCUT2D eigenvalue weighted by Crippen LogP contribution is -2.44. The second-order valence-electron chi connectivity index (χ2n) is 4.85. The number of hydrogen-bond donors (Lipinski definition) is 1. The molecule has 12 heavy (non-hydrogen) atoms. The molecule has 1 aliphatic carbocycles. The Hall–Kier alpha value is -0.0400. The van der Waals surface area contributed by atoms with Crippen molar-refractivity contribution < 1.29 is 0 Å². The zero-order valence-electron chi connectivity index (χ0n) is 8.34. The van der Waals surface area contributed by atoms with Crippen molar-refractivity contribution in [2.75, 3.05) is 13.1 Å². The largest absolute Gasteiger partial charge is 0.316 e. The molecule has 0 amide bonds. The van der Waals surface area contributed by atoms with E-state index in [0.29, 0.717) is 0 Å². The molecule has 2 fully saturated rings. The highest BCUT2D eigenvalue weighted by Crippen LogP contribution is 2.41. The van der Waals surface area contributed by atoms with Gasteiger partial charge in [-0.3, -0.25) is 0 Å². The fraction of sp³-hybridized carbons (Fsp3) is 1.00. The van der Waals surface area contributed by atoms with Crippen molar-refractivity contribution in [1.29, 1.82) is 0 Å². The van der Waals surface area contributed by atoms with Gasteiger partial charge < -0.3 is 5.32 Å². The van der Waals surface area contributed by atoms with Crippen LogP contribution < -0.4 is 5.32 Å². The summed E-state index contributed by atoms with van der Waals surface area (Å²) in [7, 11) is 0. The van der Waals surface area contributed by atoms with Gasteiger partial charge in [0.25, 0.3) is 0 Å². The fourth-order valence-electron chi connectivity index (χ4n) is 3.19. The lowest BCUT2D eigenvalue weighted by Gasteiger charge is -2.44. The summed E-state index contributed by atoms with van der Waals surface area (Å²) in [5, 5.41) is 3.53. The third-order valence-electron chi connectivity index (χ3n) is 4.12. The first-order valence-electron chi connectivity index (χ1n) is 5.49. The van der Waals surface area contributed by atoms with E-state index in [9.17, 15) is 0 Å². The minimum Gasteiger partial charge on any atom is -0.316 e. The molecule has 2 rings (SSSR count). The van der Waals surface area contributed by atoms with E-state index in [-0.39, 0.29) is 0 Å². The van der Waals surface area contributed by atoms with Crippen molar-refractivity contribution in [2.24, 2.45) is 23.7 Å². The molecule has 4 unspecified atom stereocenters. The molecule has 0 aromatic rings. The minimum absolute atomic E-state index is 0.971. The lowest BCUT2D eigenvalue weighted by atomic mass is 9.65. The minimum atomic E-state index is 0.971. The third-order valence-corrected chi connectivity index (χ3v) is 4.12. The van der Waals surface area contributed by atoms with Crippen LogP contribution in [0.5, 0.6) is 0 Å². The smallest absolute Gasteiger partial charge is 0.00152 e. The summed E-state index contributed by atoms with van der Waals surface area (Å²) in [6.07, 6.45) is 4.36. The van der Waals surface area contributed by atoms with E-state index in [0.717, 1.165) is 23.7 Å². The van der Waals surface area contributed by atoms with E-state index in [1.807, 2.05) is 0 Å². The van der Waals surface area contributed by atoms with Gasteiger partial charge in [0.1, 0.15) is 0 Å². The summed E-state index contributed by atoms with van der Waals surface area (Å²) in [6, 6.07) is 0. The Morgan fingerprint density at radius 3 is 2.25 bits per heavy atom. The Morgan fingerprint density at radius 1 is 0.917 bits per heavy atom. The maximum atomic E-state index is 3.53. The van der Waals surface area contributed by atoms with Gasteiger partial charge >= 0.3 is 0 Å². The van der Waals surface area contributed by atoms with Crippen molar-refractivity contribution in [3.05, 3.63) is 0 Å². The Kier molecular flexibility index (Phi) is 2.40. The third kappa shape index (κ3) is 1.39. The van der Waals surface area contributed by atoms with E-state index in [1.54, 1.807) is 0 Å². The Morgan fingerprint density at radius 2 is 1.58 bits per heavy atom. The van der Waals surface area contributed by atoms with Crippen LogP contribution in [-0.4, -0.2) is 13.1 Å². The van der Waals surface area contributed by atoms with Gasteiger partial charge in [0.2, 0.25) is 0 Å². The summed E-state index contributed by atoms with van der Waals surface area (Å²) < 4.78 is 0. The van der Waals surface area contributed by atoms with Gasteiger partial charge in [-0.2, -0.15) is 0 Å². The predicted octanol–water partition coefficient (Wildman–Crippen LogP) is 2.28. The molecule has 0 aromatic carbocycles. The molecule has 2 aliphatic rings. The van der Waals surface area contributed by atoms with Gasteiger partial charge in [-0.15, -0.1) is 0 Å². The number of hydrogen-bond acceptors (Lipinski definition) is 1. The van der Waals surface area contributed by atoms with E-state index in [1.165, 1.54) is 32.4 Å². The van der Waals surface area contributed by atoms with E-state index in [2.05, 4.69) is 19.2 Å². The summed E-state index contributed by atoms with van der Waals surface area (Å²) in [5.41, 5.74) is 0. The SMILES string of the molecule is CC1CCC(C)C2CNCCC12. The second kappa shape index (κ2) is 3.37. The van der Waals surface area contributed by atoms with Crippen LogP contribution in [0.25, 0.3) is 0 Å². The molecule has 1 nitrogen and oxygen atoms in total. The normalized spacial score (nSPS) is 48.5. The quantitative estimate of drug-likeness (QED) is 0.583. The molecule has 0 spiro atoms. The zero-order valence-corrected chi connectivity index (χ0v) is 8.34. The first kappa shape index (κ1) is 8.55. The van der Waals surface area contributed by atoms with Crippen molar-refractivity contribution in [1.82, 2.24) is 5.32 Å². The predicted molar refractivity (Wildman–Crippen MR) is 52.0 cm³/mol. The topological polar surface area (TPSA) is 12.0 Å². The molecule has 1 saturated carbocycles.